The lowest BCUT2D eigenvalue weighted by atomic mass is 9.87. The van der Waals surface area contributed by atoms with Crippen LogP contribution < -0.4 is 0 Å². The lowest BCUT2D eigenvalue weighted by Crippen LogP contribution is -2.29. The van der Waals surface area contributed by atoms with Crippen molar-refractivity contribution >= 4 is 46.3 Å². The molecule has 4 nitrogen and oxygen atoms in total. The Balaban J connectivity index is 1.94. The van der Waals surface area contributed by atoms with Crippen LogP contribution in [0.1, 0.15) is 30.7 Å². The predicted molar refractivity (Wildman–Crippen MR) is 123 cm³/mol. The van der Waals surface area contributed by atoms with E-state index in [2.05, 4.69) is 10.6 Å². The van der Waals surface area contributed by atoms with Crippen LogP contribution in [0, 0.1) is 5.41 Å². The van der Waals surface area contributed by atoms with Crippen molar-refractivity contribution in [3.63, 3.8) is 0 Å². The summed E-state index contributed by atoms with van der Waals surface area (Å²) in [7, 11) is 1.43. The molecule has 1 aliphatic rings. The minimum absolute atomic E-state index is 0.238. The van der Waals surface area contributed by atoms with Crippen LogP contribution in [0.5, 0.6) is 5.75 Å². The fraction of sp³-hybridized carbons (Fsp3) is 0.292. The number of carbonyl (C=O) groups excluding carboxylic acids is 1. The maximum absolute atomic E-state index is 12.5. The molecule has 0 bridgehead atoms. The molecule has 4 rings (SSSR count). The molecule has 1 aliphatic heterocycles. The van der Waals surface area contributed by atoms with Crippen molar-refractivity contribution in [1.29, 1.82) is 0 Å². The molecule has 2 heterocycles. The number of phenols is 1. The summed E-state index contributed by atoms with van der Waals surface area (Å²) in [5, 5.41) is 12.3. The van der Waals surface area contributed by atoms with Crippen LogP contribution >= 0.6 is 23.4 Å². The van der Waals surface area contributed by atoms with Crippen molar-refractivity contribution < 1.29 is 14.6 Å². The highest BCUT2D eigenvalue weighted by Crippen LogP contribution is 2.44. The molecule has 3 aromatic rings. The second-order valence-electron chi connectivity index (χ2n) is 8.15. The first-order valence-corrected chi connectivity index (χ1v) is 11.2. The zero-order chi connectivity index (χ0) is 21.5. The molecule has 0 saturated heterocycles. The van der Waals surface area contributed by atoms with E-state index < -0.39 is 5.41 Å². The van der Waals surface area contributed by atoms with Crippen LogP contribution in [0.15, 0.2) is 47.4 Å². The van der Waals surface area contributed by atoms with Gasteiger partial charge in [0.25, 0.3) is 0 Å². The molecular formula is C24H24ClNO3S. The highest BCUT2D eigenvalue weighted by atomic mass is 35.5. The Bertz CT molecular complexity index is 1150. The molecule has 0 unspecified atom stereocenters. The number of aromatic hydroxyl groups is 1. The second-order valence-corrected chi connectivity index (χ2v) is 9.61. The Hall–Kier alpha value is -2.37. The molecule has 0 atom stereocenters. The zero-order valence-electron chi connectivity index (χ0n) is 17.2. The summed E-state index contributed by atoms with van der Waals surface area (Å²) in [6, 6.07) is 11.5. The summed E-state index contributed by atoms with van der Waals surface area (Å²) in [6.45, 7) is 4.47. The third-order valence-electron chi connectivity index (χ3n) is 5.52. The van der Waals surface area contributed by atoms with Crippen molar-refractivity contribution in [3.05, 3.63) is 64.3 Å². The lowest BCUT2D eigenvalue weighted by molar-refractivity contribution is -0.150. The maximum atomic E-state index is 12.5. The fourth-order valence-corrected chi connectivity index (χ4v) is 5.18. The van der Waals surface area contributed by atoms with Gasteiger partial charge in [0, 0.05) is 45.3 Å². The van der Waals surface area contributed by atoms with Crippen molar-refractivity contribution in [1.82, 2.24) is 4.57 Å². The summed E-state index contributed by atoms with van der Waals surface area (Å²) < 4.78 is 7.32. The van der Waals surface area contributed by atoms with Crippen molar-refractivity contribution in [3.8, 4) is 5.75 Å². The van der Waals surface area contributed by atoms with Gasteiger partial charge in [0.2, 0.25) is 0 Å². The number of benzene rings is 2. The maximum Gasteiger partial charge on any atom is 0.311 e. The normalized spacial score (nSPS) is 13.5. The number of hydrogen-bond acceptors (Lipinski definition) is 4. The Labute approximate surface area is 185 Å². The van der Waals surface area contributed by atoms with Crippen molar-refractivity contribution in [2.45, 2.75) is 31.7 Å². The largest absolute Gasteiger partial charge is 0.507 e. The fourth-order valence-electron chi connectivity index (χ4n) is 3.99. The Morgan fingerprint density at radius 2 is 1.97 bits per heavy atom. The van der Waals surface area contributed by atoms with Gasteiger partial charge in [0.15, 0.2) is 0 Å². The van der Waals surface area contributed by atoms with Gasteiger partial charge in [-0.05, 0) is 43.7 Å². The van der Waals surface area contributed by atoms with Gasteiger partial charge in [-0.1, -0.05) is 35.9 Å². The molecule has 0 amide bonds. The third-order valence-corrected chi connectivity index (χ3v) is 6.86. The second kappa shape index (κ2) is 8.05. The van der Waals surface area contributed by atoms with Gasteiger partial charge in [-0.15, -0.1) is 11.8 Å². The Kier molecular flexibility index (Phi) is 5.60. The van der Waals surface area contributed by atoms with Crippen LogP contribution in [0.25, 0.3) is 17.0 Å². The molecule has 30 heavy (non-hydrogen) atoms. The summed E-state index contributed by atoms with van der Waals surface area (Å²) in [4.78, 5) is 13.6. The van der Waals surface area contributed by atoms with Crippen LogP contribution in [-0.2, 0) is 22.5 Å². The van der Waals surface area contributed by atoms with Gasteiger partial charge < -0.3 is 14.4 Å². The van der Waals surface area contributed by atoms with Crippen LogP contribution in [0.3, 0.4) is 0 Å². The van der Waals surface area contributed by atoms with E-state index >= 15 is 0 Å². The highest BCUT2D eigenvalue weighted by Gasteiger charge is 2.33. The van der Waals surface area contributed by atoms with E-state index in [1.807, 2.05) is 50.3 Å². The van der Waals surface area contributed by atoms with Gasteiger partial charge in [-0.2, -0.15) is 0 Å². The molecule has 0 spiro atoms. The number of ether oxygens (including phenoxy) is 1. The van der Waals surface area contributed by atoms with E-state index in [-0.39, 0.29) is 11.7 Å². The van der Waals surface area contributed by atoms with E-state index in [0.717, 1.165) is 38.4 Å². The first-order chi connectivity index (χ1) is 14.3. The summed E-state index contributed by atoms with van der Waals surface area (Å²) in [5.41, 5.74) is 3.39. The molecule has 0 aliphatic carbocycles. The van der Waals surface area contributed by atoms with Crippen LogP contribution in [0.2, 0.25) is 5.02 Å². The smallest absolute Gasteiger partial charge is 0.311 e. The summed E-state index contributed by atoms with van der Waals surface area (Å²) >= 11 is 7.81. The monoisotopic (exact) mass is 441 g/mol. The number of carbonyl (C=O) groups is 1. The zero-order valence-corrected chi connectivity index (χ0v) is 18.8. The molecular weight excluding hydrogens is 418 g/mol. The molecule has 156 valence electrons. The standard InChI is InChI=1S/C24H24ClNO3S/c1-24(2,23(28)29-3)13-19-22-21-17(5-4-12-30-22)20(27)11-10-18(21)26(19)14-15-6-8-16(25)9-7-15/h4-11,27H,12-14H2,1-3H3. The average Bonchev–Trinajstić information content (AvgIpc) is 2.87. The van der Waals surface area contributed by atoms with Gasteiger partial charge in [0.05, 0.1) is 18.0 Å². The summed E-state index contributed by atoms with van der Waals surface area (Å²) in [6.07, 6.45) is 4.59. The number of nitrogens with zero attached hydrogens (tertiary/aromatic N) is 1. The van der Waals surface area contributed by atoms with Gasteiger partial charge in [-0.3, -0.25) is 4.79 Å². The van der Waals surface area contributed by atoms with Gasteiger partial charge in [0.1, 0.15) is 5.75 Å². The average molecular weight is 442 g/mol. The van der Waals surface area contributed by atoms with E-state index in [0.29, 0.717) is 18.0 Å². The highest BCUT2D eigenvalue weighted by molar-refractivity contribution is 7.99. The summed E-state index contributed by atoms with van der Waals surface area (Å²) in [5.74, 6) is 0.836. The van der Waals surface area contributed by atoms with Gasteiger partial charge >= 0.3 is 5.97 Å². The molecule has 0 saturated carbocycles. The van der Waals surface area contributed by atoms with Gasteiger partial charge in [-0.25, -0.2) is 0 Å². The third kappa shape index (κ3) is 3.72. The molecule has 1 N–H and O–H groups in total. The van der Waals surface area contributed by atoms with E-state index in [4.69, 9.17) is 16.3 Å². The predicted octanol–water partition coefficient (Wildman–Crippen LogP) is 5.91. The number of hydrogen-bond donors (Lipinski definition) is 1. The number of esters is 1. The van der Waals surface area contributed by atoms with Crippen LogP contribution in [0.4, 0.5) is 0 Å². The number of halogens is 1. The quantitative estimate of drug-likeness (QED) is 0.500. The first kappa shape index (κ1) is 20.9. The Morgan fingerprint density at radius 1 is 1.23 bits per heavy atom. The number of methoxy groups -OCH3 is 1. The Morgan fingerprint density at radius 3 is 2.67 bits per heavy atom. The number of phenolic OH excluding ortho intramolecular Hbond substituents is 1. The first-order valence-electron chi connectivity index (χ1n) is 9.81. The van der Waals surface area contributed by atoms with E-state index in [1.165, 1.54) is 7.11 Å². The van der Waals surface area contributed by atoms with E-state index in [9.17, 15) is 9.90 Å². The molecule has 0 fully saturated rings. The van der Waals surface area contributed by atoms with Crippen molar-refractivity contribution in [2.24, 2.45) is 5.41 Å². The van der Waals surface area contributed by atoms with Crippen LogP contribution in [-0.4, -0.2) is 28.5 Å². The molecule has 0 radical (unpaired) electrons. The SMILES string of the molecule is COC(=O)C(C)(C)Cc1c2c3c(c(O)ccc3n1Cc1ccc(Cl)cc1)C=CCS2. The number of aromatic nitrogens is 1. The van der Waals surface area contributed by atoms with E-state index in [1.54, 1.807) is 17.8 Å². The van der Waals surface area contributed by atoms with Crippen molar-refractivity contribution in [2.75, 3.05) is 12.9 Å². The number of rotatable bonds is 5. The number of thioether (sulfide) groups is 1. The lowest BCUT2D eigenvalue weighted by Gasteiger charge is -2.23. The minimum Gasteiger partial charge on any atom is -0.507 e. The molecule has 1 aromatic heterocycles. The topological polar surface area (TPSA) is 51.5 Å². The minimum atomic E-state index is -0.681. The molecule has 6 heteroatoms. The molecule has 2 aromatic carbocycles.